The minimum Gasteiger partial charge on any atom is -0.354 e. The number of ketones is 1. The van der Waals surface area contributed by atoms with Crippen molar-refractivity contribution in [2.45, 2.75) is 0 Å². The fraction of sp³-hybridized carbons (Fsp3) is 0. The summed E-state index contributed by atoms with van der Waals surface area (Å²) < 4.78 is 0. The number of hydrogen-bond donors (Lipinski definition) is 1. The van der Waals surface area contributed by atoms with Crippen LogP contribution in [0.5, 0.6) is 0 Å². The van der Waals surface area contributed by atoms with Gasteiger partial charge in [-0.05, 0) is 65.3 Å². The summed E-state index contributed by atoms with van der Waals surface area (Å²) in [6.45, 7) is 0. The fourth-order valence-corrected chi connectivity index (χ4v) is 5.84. The molecule has 0 saturated carbocycles. The molecule has 4 aliphatic rings. The van der Waals surface area contributed by atoms with Crippen LogP contribution in [0.15, 0.2) is 172 Å². The smallest absolute Gasteiger partial charge is 0.229 e. The van der Waals surface area contributed by atoms with Gasteiger partial charge in [-0.2, -0.15) is 0 Å². The maximum Gasteiger partial charge on any atom is 0.229 e. The van der Waals surface area contributed by atoms with Crippen molar-refractivity contribution in [3.8, 4) is 0 Å². The Labute approximate surface area is 248 Å². The van der Waals surface area contributed by atoms with Crippen LogP contribution >= 0.6 is 0 Å². The van der Waals surface area contributed by atoms with Crippen LogP contribution in [-0.4, -0.2) is 27.9 Å². The van der Waals surface area contributed by atoms with Gasteiger partial charge in [0.25, 0.3) is 0 Å². The second kappa shape index (κ2) is 10.2. The van der Waals surface area contributed by atoms with E-state index in [0.717, 1.165) is 56.2 Å². The first-order chi connectivity index (χ1) is 21.2. The van der Waals surface area contributed by atoms with Crippen molar-refractivity contribution in [3.63, 3.8) is 0 Å². The quantitative estimate of drug-likeness (QED) is 0.280. The Balaban J connectivity index is 1.43. The van der Waals surface area contributed by atoms with Gasteiger partial charge in [-0.15, -0.1) is 0 Å². The van der Waals surface area contributed by atoms with E-state index in [1.54, 1.807) is 12.2 Å². The minimum atomic E-state index is -0.215. The number of aliphatic imine (C=N–C) groups is 3. The van der Waals surface area contributed by atoms with Gasteiger partial charge in [0, 0.05) is 28.1 Å². The summed E-state index contributed by atoms with van der Waals surface area (Å²) in [5.41, 5.74) is 11.4. The first-order valence-corrected chi connectivity index (χ1v) is 14.2. The second-order valence-corrected chi connectivity index (χ2v) is 10.5. The number of allylic oxidation sites excluding steroid dienone is 7. The van der Waals surface area contributed by atoms with Crippen LogP contribution in [0, 0.1) is 0 Å². The van der Waals surface area contributed by atoms with Crippen LogP contribution in [0.2, 0.25) is 0 Å². The summed E-state index contributed by atoms with van der Waals surface area (Å²) >= 11 is 0. The number of carbonyl (C=O) groups is 1. The molecule has 202 valence electrons. The van der Waals surface area contributed by atoms with Crippen LogP contribution in [0.1, 0.15) is 28.1 Å². The maximum atomic E-state index is 13.7. The lowest BCUT2D eigenvalue weighted by Gasteiger charge is -2.11. The van der Waals surface area contributed by atoms with Crippen molar-refractivity contribution >= 4 is 39.6 Å². The molecule has 8 rings (SSSR count). The number of nitrogens with zero attached hydrogens (tertiary/aromatic N) is 3. The zero-order chi connectivity index (χ0) is 28.8. The Morgan fingerprint density at radius 1 is 0.395 bits per heavy atom. The largest absolute Gasteiger partial charge is 0.354 e. The highest BCUT2D eigenvalue weighted by Crippen LogP contribution is 2.36. The van der Waals surface area contributed by atoms with Gasteiger partial charge >= 0.3 is 0 Å². The van der Waals surface area contributed by atoms with Crippen molar-refractivity contribution in [1.29, 1.82) is 0 Å². The average Bonchev–Trinajstić information content (AvgIpc) is 3.88. The fourth-order valence-electron chi connectivity index (χ4n) is 5.84. The van der Waals surface area contributed by atoms with Crippen LogP contribution in [0.25, 0.3) is 16.7 Å². The van der Waals surface area contributed by atoms with E-state index in [-0.39, 0.29) is 5.78 Å². The molecule has 0 fully saturated rings. The van der Waals surface area contributed by atoms with E-state index in [1.165, 1.54) is 0 Å². The molecule has 4 aliphatic heterocycles. The molecule has 0 aliphatic carbocycles. The van der Waals surface area contributed by atoms with Crippen LogP contribution in [-0.2, 0) is 4.79 Å². The molecule has 0 unspecified atom stereocenters. The Morgan fingerprint density at radius 3 is 1.23 bits per heavy atom. The summed E-state index contributed by atoms with van der Waals surface area (Å²) in [5, 5.41) is 0. The molecule has 4 aromatic rings. The number of benzene rings is 3. The van der Waals surface area contributed by atoms with E-state index < -0.39 is 0 Å². The van der Waals surface area contributed by atoms with Crippen molar-refractivity contribution in [2.24, 2.45) is 15.0 Å². The third-order valence-corrected chi connectivity index (χ3v) is 7.82. The Bertz CT molecular complexity index is 2100. The number of aromatic amines is 1. The number of rotatable bonds is 3. The maximum absolute atomic E-state index is 13.7. The van der Waals surface area contributed by atoms with Gasteiger partial charge in [0.1, 0.15) is 11.4 Å². The molecule has 8 bridgehead atoms. The molecular formula is C38H24N4O. The van der Waals surface area contributed by atoms with Crippen molar-refractivity contribution in [1.82, 2.24) is 4.98 Å². The number of aromatic nitrogens is 1. The molecule has 43 heavy (non-hydrogen) atoms. The average molecular weight is 553 g/mol. The van der Waals surface area contributed by atoms with Crippen molar-refractivity contribution in [3.05, 3.63) is 185 Å². The van der Waals surface area contributed by atoms with Gasteiger partial charge in [-0.1, -0.05) is 91.0 Å². The second-order valence-electron chi connectivity index (χ2n) is 10.5. The Morgan fingerprint density at radius 2 is 0.767 bits per heavy atom. The van der Waals surface area contributed by atoms with Crippen molar-refractivity contribution in [2.75, 3.05) is 0 Å². The number of nitrogens with one attached hydrogen (secondary N) is 1. The normalized spacial score (nSPS) is 17.2. The molecule has 3 aromatic carbocycles. The molecule has 0 amide bonds. The number of H-pyrrole nitrogens is 1. The lowest BCUT2D eigenvalue weighted by Crippen LogP contribution is -2.19. The summed E-state index contributed by atoms with van der Waals surface area (Å²) in [6, 6.07) is 34.7. The van der Waals surface area contributed by atoms with Crippen molar-refractivity contribution < 1.29 is 4.79 Å². The van der Waals surface area contributed by atoms with Gasteiger partial charge in [0.05, 0.1) is 22.8 Å². The molecule has 5 heterocycles. The molecular weight excluding hydrogens is 528 g/mol. The van der Waals surface area contributed by atoms with E-state index in [9.17, 15) is 4.79 Å². The van der Waals surface area contributed by atoms with Gasteiger partial charge in [-0.25, -0.2) is 15.0 Å². The van der Waals surface area contributed by atoms with Crippen LogP contribution in [0.4, 0.5) is 0 Å². The van der Waals surface area contributed by atoms with E-state index in [0.29, 0.717) is 22.8 Å². The lowest BCUT2D eigenvalue weighted by molar-refractivity contribution is -0.107. The number of Topliss-reactive ketones (excluding diaryl/α,β-unsaturated/α-hetero) is 1. The Hall–Kier alpha value is -5.94. The monoisotopic (exact) mass is 552 g/mol. The lowest BCUT2D eigenvalue weighted by atomic mass is 9.99. The third-order valence-electron chi connectivity index (χ3n) is 7.82. The van der Waals surface area contributed by atoms with Gasteiger partial charge < -0.3 is 4.98 Å². The van der Waals surface area contributed by atoms with Gasteiger partial charge in [0.2, 0.25) is 5.78 Å². The third kappa shape index (κ3) is 4.35. The standard InChI is InChI=1S/C38H24N4O/c43-38-33-22-20-31(41-33)36(25-12-6-2-7-13-25)29-18-16-27(39-29)35(24-10-4-1-5-11-24)28-17-19-30(40-28)37(26-14-8-3-9-15-26)32-21-23-34(38)42-32/h1-23,39H. The highest BCUT2D eigenvalue weighted by molar-refractivity contribution is 6.71. The van der Waals surface area contributed by atoms with E-state index in [1.807, 2.05) is 85.0 Å². The minimum absolute atomic E-state index is 0.215. The summed E-state index contributed by atoms with van der Waals surface area (Å²) in [5.74, 6) is -0.215. The first-order valence-electron chi connectivity index (χ1n) is 14.2. The molecule has 5 nitrogen and oxygen atoms in total. The van der Waals surface area contributed by atoms with E-state index in [2.05, 4.69) is 47.5 Å². The summed E-state index contributed by atoms with van der Waals surface area (Å²) in [6.07, 6.45) is 11.4. The van der Waals surface area contributed by atoms with E-state index in [4.69, 9.17) is 15.0 Å². The topological polar surface area (TPSA) is 69.9 Å². The molecule has 1 N–H and O–H groups in total. The highest BCUT2D eigenvalue weighted by Gasteiger charge is 2.26. The van der Waals surface area contributed by atoms with E-state index >= 15 is 0 Å². The predicted molar refractivity (Wildman–Crippen MR) is 174 cm³/mol. The van der Waals surface area contributed by atoms with Crippen LogP contribution in [0.3, 0.4) is 0 Å². The van der Waals surface area contributed by atoms with Crippen LogP contribution < -0.4 is 0 Å². The Kier molecular flexibility index (Phi) is 5.86. The zero-order valence-corrected chi connectivity index (χ0v) is 23.0. The highest BCUT2D eigenvalue weighted by atomic mass is 16.1. The summed E-state index contributed by atoms with van der Waals surface area (Å²) in [4.78, 5) is 32.2. The summed E-state index contributed by atoms with van der Waals surface area (Å²) in [7, 11) is 0. The molecule has 0 radical (unpaired) electrons. The zero-order valence-electron chi connectivity index (χ0n) is 23.0. The first kappa shape index (κ1) is 24.8. The number of hydrogen-bond acceptors (Lipinski definition) is 4. The predicted octanol–water partition coefficient (Wildman–Crippen LogP) is 7.56. The SMILES string of the molecule is O=C1C2=NC(=C(c3ccccc3)C3=NC(=C(c4ccccc4)c4ccc([nH]4)C(c4ccccc4)=C4C=CC1=N4)C=C3)C=C2. The molecule has 0 saturated heterocycles. The van der Waals surface area contributed by atoms with Gasteiger partial charge in [-0.3, -0.25) is 4.79 Å². The number of carbonyl (C=O) groups excluding carboxylic acids is 1. The molecule has 0 atom stereocenters. The van der Waals surface area contributed by atoms with Gasteiger partial charge in [0.15, 0.2) is 0 Å². The molecule has 5 heteroatoms. The molecule has 1 aromatic heterocycles. The molecule has 0 spiro atoms. The number of fused-ring (bicyclic) bond motifs is 5.